The maximum absolute atomic E-state index is 12.0. The van der Waals surface area contributed by atoms with E-state index in [1.54, 1.807) is 11.8 Å². The molecule has 1 amide bonds. The van der Waals surface area contributed by atoms with E-state index in [0.29, 0.717) is 11.5 Å². The van der Waals surface area contributed by atoms with Crippen LogP contribution in [-0.2, 0) is 4.79 Å². The van der Waals surface area contributed by atoms with E-state index in [1.165, 1.54) is 0 Å². The van der Waals surface area contributed by atoms with Crippen molar-refractivity contribution in [2.45, 2.75) is 38.1 Å². The summed E-state index contributed by atoms with van der Waals surface area (Å²) in [6.45, 7) is 6.61. The van der Waals surface area contributed by atoms with Gasteiger partial charge in [0.15, 0.2) is 0 Å². The quantitative estimate of drug-likeness (QED) is 0.506. The average Bonchev–Trinajstić information content (AvgIpc) is 2.44. The fourth-order valence-corrected chi connectivity index (χ4v) is 3.02. The fraction of sp³-hybridized carbons (Fsp3) is 0.467. The van der Waals surface area contributed by atoms with Gasteiger partial charge in [0.25, 0.3) is 0 Å². The Morgan fingerprint density at radius 3 is 2.71 bits per heavy atom. The van der Waals surface area contributed by atoms with E-state index < -0.39 is 0 Å². The zero-order chi connectivity index (χ0) is 15.8. The smallest absolute Gasteiger partial charge is 0.242 e. The number of thiocarbonyl (C=S) groups is 1. The van der Waals surface area contributed by atoms with Gasteiger partial charge in [-0.1, -0.05) is 32.1 Å². The first-order valence-electron chi connectivity index (χ1n) is 7.11. The third kappa shape index (κ3) is 5.21. The van der Waals surface area contributed by atoms with Crippen LogP contribution in [0.25, 0.3) is 0 Å². The van der Waals surface area contributed by atoms with Gasteiger partial charge in [0.05, 0.1) is 0 Å². The zero-order valence-corrected chi connectivity index (χ0v) is 14.4. The summed E-state index contributed by atoms with van der Waals surface area (Å²) in [6, 6.07) is 5.50. The second kappa shape index (κ2) is 8.89. The summed E-state index contributed by atoms with van der Waals surface area (Å²) >= 11 is 6.85. The minimum absolute atomic E-state index is 0.0284. The average molecular weight is 326 g/mol. The van der Waals surface area contributed by atoms with Crippen LogP contribution in [0.2, 0.25) is 0 Å². The molecule has 1 aromatic carbocycles. The lowest BCUT2D eigenvalue weighted by Gasteiger charge is -2.19. The number of carbonyl (C=O) groups is 1. The van der Waals surface area contributed by atoms with E-state index in [2.05, 4.69) is 17.6 Å². The molecule has 0 bridgehead atoms. The van der Waals surface area contributed by atoms with Crippen molar-refractivity contribution in [1.82, 2.24) is 5.32 Å². The van der Waals surface area contributed by atoms with Crippen LogP contribution in [0.1, 0.15) is 32.8 Å². The Bertz CT molecular complexity index is 506. The number of hydrogen-bond donors (Lipinski definition) is 3. The van der Waals surface area contributed by atoms with Crippen LogP contribution in [0.5, 0.6) is 0 Å². The number of nitrogens with two attached hydrogens (primary N) is 1. The Hall–Kier alpha value is -1.27. The van der Waals surface area contributed by atoms with Crippen molar-refractivity contribution in [3.63, 3.8) is 0 Å². The molecule has 0 aliphatic rings. The molecule has 6 heteroatoms. The van der Waals surface area contributed by atoms with Crippen LogP contribution < -0.4 is 16.4 Å². The summed E-state index contributed by atoms with van der Waals surface area (Å²) in [6.07, 6.45) is 0.916. The molecule has 0 fully saturated rings. The van der Waals surface area contributed by atoms with Crippen LogP contribution >= 0.6 is 24.0 Å². The number of thioether (sulfide) groups is 1. The molecule has 116 valence electrons. The largest absolute Gasteiger partial charge is 0.389 e. The highest BCUT2D eigenvalue weighted by Gasteiger charge is 2.16. The lowest BCUT2D eigenvalue weighted by atomic mass is 10.1. The fourth-order valence-electron chi connectivity index (χ4n) is 1.88. The lowest BCUT2D eigenvalue weighted by Crippen LogP contribution is -2.38. The topological polar surface area (TPSA) is 67.2 Å². The summed E-state index contributed by atoms with van der Waals surface area (Å²) in [4.78, 5) is 13.3. The van der Waals surface area contributed by atoms with Gasteiger partial charge in [-0.05, 0) is 31.2 Å². The highest BCUT2D eigenvalue weighted by molar-refractivity contribution is 7.99. The van der Waals surface area contributed by atoms with E-state index in [9.17, 15) is 4.79 Å². The van der Waals surface area contributed by atoms with E-state index in [4.69, 9.17) is 18.0 Å². The van der Waals surface area contributed by atoms with Crippen LogP contribution in [0.4, 0.5) is 5.69 Å². The van der Waals surface area contributed by atoms with Crippen LogP contribution in [0, 0.1) is 0 Å². The van der Waals surface area contributed by atoms with Crippen molar-refractivity contribution in [1.29, 1.82) is 0 Å². The summed E-state index contributed by atoms with van der Waals surface area (Å²) < 4.78 is 0. The maximum Gasteiger partial charge on any atom is 0.242 e. The standard InChI is InChI=1S/C15H23N3OS2/c1-4-9-17-15(19)10(3)18-11-7-6-8-12(21-5-2)13(11)14(16)20/h6-8,10,18H,4-5,9H2,1-3H3,(H2,16,20)(H,17,19). The molecule has 1 rings (SSSR count). The van der Waals surface area contributed by atoms with Gasteiger partial charge in [-0.25, -0.2) is 0 Å². The van der Waals surface area contributed by atoms with Crippen LogP contribution in [-0.4, -0.2) is 29.2 Å². The van der Waals surface area contributed by atoms with Crippen molar-refractivity contribution >= 4 is 40.6 Å². The first kappa shape index (κ1) is 17.8. The molecule has 0 radical (unpaired) electrons. The van der Waals surface area contributed by atoms with Crippen molar-refractivity contribution in [3.05, 3.63) is 23.8 Å². The van der Waals surface area contributed by atoms with Gasteiger partial charge >= 0.3 is 0 Å². The maximum atomic E-state index is 12.0. The molecule has 0 saturated carbocycles. The predicted octanol–water partition coefficient (Wildman–Crippen LogP) is 2.76. The Morgan fingerprint density at radius 1 is 1.43 bits per heavy atom. The minimum atomic E-state index is -0.341. The van der Waals surface area contributed by atoms with Crippen molar-refractivity contribution in [2.75, 3.05) is 17.6 Å². The molecule has 21 heavy (non-hydrogen) atoms. The molecule has 1 aromatic rings. The summed E-state index contributed by atoms with van der Waals surface area (Å²) in [5.74, 6) is 0.908. The van der Waals surface area contributed by atoms with Gasteiger partial charge in [-0.3, -0.25) is 4.79 Å². The van der Waals surface area contributed by atoms with Gasteiger partial charge in [0, 0.05) is 22.7 Å². The SMILES string of the molecule is CCCNC(=O)C(C)Nc1cccc(SCC)c1C(N)=S. The Balaban J connectivity index is 2.94. The molecule has 0 aromatic heterocycles. The number of carbonyl (C=O) groups excluding carboxylic acids is 1. The van der Waals surface area contributed by atoms with E-state index in [0.717, 1.165) is 28.3 Å². The van der Waals surface area contributed by atoms with Gasteiger partial charge in [0.1, 0.15) is 11.0 Å². The van der Waals surface area contributed by atoms with Crippen molar-refractivity contribution < 1.29 is 4.79 Å². The normalized spacial score (nSPS) is 11.8. The number of anilines is 1. The second-order valence-corrected chi connectivity index (χ2v) is 6.38. The highest BCUT2D eigenvalue weighted by Crippen LogP contribution is 2.29. The minimum Gasteiger partial charge on any atom is -0.389 e. The number of rotatable bonds is 8. The van der Waals surface area contributed by atoms with E-state index in [1.807, 2.05) is 32.0 Å². The molecular formula is C15H23N3OS2. The first-order valence-corrected chi connectivity index (χ1v) is 8.50. The van der Waals surface area contributed by atoms with Gasteiger partial charge in [0.2, 0.25) is 5.91 Å². The summed E-state index contributed by atoms with van der Waals surface area (Å²) in [7, 11) is 0. The number of hydrogen-bond acceptors (Lipinski definition) is 4. The van der Waals surface area contributed by atoms with Gasteiger partial charge in [-0.15, -0.1) is 11.8 Å². The molecule has 0 aliphatic heterocycles. The molecule has 0 spiro atoms. The number of amides is 1. The summed E-state index contributed by atoms with van der Waals surface area (Å²) in [5, 5.41) is 6.08. The number of nitrogens with one attached hydrogen (secondary N) is 2. The molecule has 0 aliphatic carbocycles. The third-order valence-corrected chi connectivity index (χ3v) is 4.03. The second-order valence-electron chi connectivity index (χ2n) is 4.63. The van der Waals surface area contributed by atoms with Crippen molar-refractivity contribution in [2.24, 2.45) is 5.73 Å². The first-order chi connectivity index (χ1) is 10.0. The molecule has 0 saturated heterocycles. The monoisotopic (exact) mass is 325 g/mol. The van der Waals surface area contributed by atoms with Crippen molar-refractivity contribution in [3.8, 4) is 0 Å². The Kier molecular flexibility index (Phi) is 7.53. The van der Waals surface area contributed by atoms with Gasteiger partial charge < -0.3 is 16.4 Å². The molecule has 4 N–H and O–H groups in total. The van der Waals surface area contributed by atoms with Crippen LogP contribution in [0.3, 0.4) is 0 Å². The Morgan fingerprint density at radius 2 is 2.14 bits per heavy atom. The van der Waals surface area contributed by atoms with E-state index in [-0.39, 0.29) is 11.9 Å². The molecule has 1 unspecified atom stereocenters. The third-order valence-electron chi connectivity index (χ3n) is 2.89. The molecule has 4 nitrogen and oxygen atoms in total. The summed E-state index contributed by atoms with van der Waals surface area (Å²) in [5.41, 5.74) is 7.48. The Labute approximate surface area is 136 Å². The van der Waals surface area contributed by atoms with E-state index >= 15 is 0 Å². The molecule has 0 heterocycles. The lowest BCUT2D eigenvalue weighted by molar-refractivity contribution is -0.121. The number of benzene rings is 1. The van der Waals surface area contributed by atoms with Gasteiger partial charge in [-0.2, -0.15) is 0 Å². The molecular weight excluding hydrogens is 302 g/mol. The highest BCUT2D eigenvalue weighted by atomic mass is 32.2. The molecule has 1 atom stereocenters. The predicted molar refractivity (Wildman–Crippen MR) is 95.1 cm³/mol. The van der Waals surface area contributed by atoms with Crippen LogP contribution in [0.15, 0.2) is 23.1 Å². The zero-order valence-electron chi connectivity index (χ0n) is 12.7.